The van der Waals surface area contributed by atoms with Crippen LogP contribution in [0.1, 0.15) is 18.4 Å². The molecule has 1 N–H and O–H groups in total. The van der Waals surface area contributed by atoms with Gasteiger partial charge in [-0.15, -0.1) is 0 Å². The number of anilines is 1. The Kier molecular flexibility index (Phi) is 4.48. The van der Waals surface area contributed by atoms with Crippen LogP contribution in [0.2, 0.25) is 0 Å². The van der Waals surface area contributed by atoms with E-state index in [2.05, 4.69) is 17.4 Å². The lowest BCUT2D eigenvalue weighted by molar-refractivity contribution is 0.205. The van der Waals surface area contributed by atoms with E-state index in [1.165, 1.54) is 0 Å². The standard InChI is InChI=1S/C22H22N2O2/c1-26-21-12-5-3-8-17(21)15-24(18-13-14-18)22(25)23-20-11-6-9-16-7-2-4-10-19(16)20/h2-12,18H,13-15H2,1H3,(H,23,25). The Morgan fingerprint density at radius 2 is 1.77 bits per heavy atom. The Hall–Kier alpha value is -3.01. The predicted octanol–water partition coefficient (Wildman–Crippen LogP) is 5.04. The number of carbonyl (C=O) groups is 1. The van der Waals surface area contributed by atoms with Crippen molar-refractivity contribution in [1.82, 2.24) is 4.90 Å². The Morgan fingerprint density at radius 1 is 1.04 bits per heavy atom. The van der Waals surface area contributed by atoms with Gasteiger partial charge >= 0.3 is 6.03 Å². The van der Waals surface area contributed by atoms with Crippen LogP contribution < -0.4 is 10.1 Å². The SMILES string of the molecule is COc1ccccc1CN(C(=O)Nc1cccc2ccccc12)C1CC1. The second-order valence-electron chi connectivity index (χ2n) is 6.63. The summed E-state index contributed by atoms with van der Waals surface area (Å²) in [5.74, 6) is 0.816. The van der Waals surface area contributed by atoms with E-state index in [9.17, 15) is 4.79 Å². The number of nitrogens with zero attached hydrogens (tertiary/aromatic N) is 1. The van der Waals surface area contributed by atoms with E-state index in [0.717, 1.165) is 40.6 Å². The van der Waals surface area contributed by atoms with Gasteiger partial charge in [-0.2, -0.15) is 0 Å². The zero-order valence-corrected chi connectivity index (χ0v) is 14.8. The maximum atomic E-state index is 13.0. The topological polar surface area (TPSA) is 41.6 Å². The summed E-state index contributed by atoms with van der Waals surface area (Å²) in [5.41, 5.74) is 1.87. The van der Waals surface area contributed by atoms with Crippen LogP contribution in [0.4, 0.5) is 10.5 Å². The van der Waals surface area contributed by atoms with Crippen molar-refractivity contribution < 1.29 is 9.53 Å². The van der Waals surface area contributed by atoms with Crippen molar-refractivity contribution in [3.05, 3.63) is 72.3 Å². The summed E-state index contributed by atoms with van der Waals surface area (Å²) >= 11 is 0. The number of rotatable bonds is 5. The van der Waals surface area contributed by atoms with Crippen LogP contribution in [-0.2, 0) is 6.54 Å². The molecule has 0 aromatic heterocycles. The van der Waals surface area contributed by atoms with Crippen molar-refractivity contribution in [2.75, 3.05) is 12.4 Å². The Morgan fingerprint density at radius 3 is 2.58 bits per heavy atom. The maximum Gasteiger partial charge on any atom is 0.322 e. The number of carbonyl (C=O) groups excluding carboxylic acids is 1. The molecular formula is C22H22N2O2. The van der Waals surface area contributed by atoms with Gasteiger partial charge in [0.1, 0.15) is 5.75 Å². The highest BCUT2D eigenvalue weighted by molar-refractivity contribution is 6.01. The molecule has 132 valence electrons. The second-order valence-corrected chi connectivity index (χ2v) is 6.63. The fraction of sp³-hybridized carbons (Fsp3) is 0.227. The second kappa shape index (κ2) is 7.08. The molecule has 0 bridgehead atoms. The molecular weight excluding hydrogens is 324 g/mol. The van der Waals surface area contributed by atoms with Gasteiger partial charge in [-0.3, -0.25) is 0 Å². The van der Waals surface area contributed by atoms with E-state index in [1.807, 2.05) is 59.5 Å². The van der Waals surface area contributed by atoms with Crippen molar-refractivity contribution >= 4 is 22.5 Å². The van der Waals surface area contributed by atoms with Crippen LogP contribution in [-0.4, -0.2) is 24.1 Å². The van der Waals surface area contributed by atoms with Gasteiger partial charge in [0.05, 0.1) is 19.3 Å². The molecule has 26 heavy (non-hydrogen) atoms. The molecule has 0 saturated heterocycles. The van der Waals surface area contributed by atoms with E-state index in [1.54, 1.807) is 7.11 Å². The van der Waals surface area contributed by atoms with Crippen LogP contribution in [0.3, 0.4) is 0 Å². The normalized spacial score (nSPS) is 13.4. The summed E-state index contributed by atoms with van der Waals surface area (Å²) < 4.78 is 5.44. The summed E-state index contributed by atoms with van der Waals surface area (Å²) in [6, 6.07) is 22.2. The molecule has 0 radical (unpaired) electrons. The van der Waals surface area contributed by atoms with Gasteiger partial charge in [0.2, 0.25) is 0 Å². The number of hydrogen-bond acceptors (Lipinski definition) is 2. The summed E-state index contributed by atoms with van der Waals surface area (Å²) in [4.78, 5) is 14.9. The van der Waals surface area contributed by atoms with Crippen LogP contribution >= 0.6 is 0 Å². The van der Waals surface area contributed by atoms with Gasteiger partial charge in [0.15, 0.2) is 0 Å². The van der Waals surface area contributed by atoms with Crippen LogP contribution in [0.5, 0.6) is 5.75 Å². The molecule has 4 rings (SSSR count). The van der Waals surface area contributed by atoms with Crippen molar-refractivity contribution in [2.45, 2.75) is 25.4 Å². The first-order valence-electron chi connectivity index (χ1n) is 8.93. The van der Waals surface area contributed by atoms with Gasteiger partial charge in [0.25, 0.3) is 0 Å². The van der Waals surface area contributed by atoms with Crippen LogP contribution in [0, 0.1) is 0 Å². The number of amides is 2. The summed E-state index contributed by atoms with van der Waals surface area (Å²) in [6.07, 6.45) is 2.11. The smallest absolute Gasteiger partial charge is 0.322 e. The van der Waals surface area contributed by atoms with E-state index >= 15 is 0 Å². The Labute approximate surface area is 153 Å². The first-order valence-corrected chi connectivity index (χ1v) is 8.93. The zero-order valence-electron chi connectivity index (χ0n) is 14.8. The first-order chi connectivity index (χ1) is 12.8. The van der Waals surface area contributed by atoms with E-state index in [0.29, 0.717) is 12.6 Å². The van der Waals surface area contributed by atoms with Crippen molar-refractivity contribution in [1.29, 1.82) is 0 Å². The molecule has 0 aliphatic heterocycles. The lowest BCUT2D eigenvalue weighted by atomic mass is 10.1. The number of nitrogens with one attached hydrogen (secondary N) is 1. The first kappa shape index (κ1) is 16.5. The predicted molar refractivity (Wildman–Crippen MR) is 105 cm³/mol. The average molecular weight is 346 g/mol. The molecule has 1 aliphatic rings. The molecule has 4 heteroatoms. The molecule has 3 aromatic carbocycles. The fourth-order valence-corrected chi connectivity index (χ4v) is 3.29. The lowest BCUT2D eigenvalue weighted by Crippen LogP contribution is -2.36. The monoisotopic (exact) mass is 346 g/mol. The van der Waals surface area contributed by atoms with Crippen molar-refractivity contribution in [2.24, 2.45) is 0 Å². The molecule has 0 heterocycles. The Balaban J connectivity index is 1.58. The molecule has 1 fully saturated rings. The maximum absolute atomic E-state index is 13.0. The molecule has 0 spiro atoms. The third-order valence-corrected chi connectivity index (χ3v) is 4.81. The fourth-order valence-electron chi connectivity index (χ4n) is 3.29. The minimum atomic E-state index is -0.0604. The van der Waals surface area contributed by atoms with E-state index < -0.39 is 0 Å². The lowest BCUT2D eigenvalue weighted by Gasteiger charge is -2.24. The van der Waals surface area contributed by atoms with E-state index in [4.69, 9.17) is 4.74 Å². The van der Waals surface area contributed by atoms with Gasteiger partial charge in [-0.05, 0) is 30.4 Å². The number of benzene rings is 3. The highest BCUT2D eigenvalue weighted by atomic mass is 16.5. The summed E-state index contributed by atoms with van der Waals surface area (Å²) in [7, 11) is 1.66. The third kappa shape index (κ3) is 3.36. The molecule has 0 unspecified atom stereocenters. The Bertz CT molecular complexity index is 929. The van der Waals surface area contributed by atoms with Crippen LogP contribution in [0.25, 0.3) is 10.8 Å². The van der Waals surface area contributed by atoms with Crippen molar-refractivity contribution in [3.63, 3.8) is 0 Å². The number of para-hydroxylation sites is 1. The van der Waals surface area contributed by atoms with Gasteiger partial charge < -0.3 is 15.0 Å². The molecule has 1 aliphatic carbocycles. The molecule has 2 amide bonds. The highest BCUT2D eigenvalue weighted by Crippen LogP contribution is 2.31. The summed E-state index contributed by atoms with van der Waals surface area (Å²) in [5, 5.41) is 5.28. The minimum absolute atomic E-state index is 0.0604. The summed E-state index contributed by atoms with van der Waals surface area (Å²) in [6.45, 7) is 0.547. The molecule has 0 atom stereocenters. The zero-order chi connectivity index (χ0) is 17.9. The van der Waals surface area contributed by atoms with Gasteiger partial charge in [0, 0.05) is 17.0 Å². The largest absolute Gasteiger partial charge is 0.496 e. The van der Waals surface area contributed by atoms with Gasteiger partial charge in [-0.25, -0.2) is 4.79 Å². The number of fused-ring (bicyclic) bond motifs is 1. The third-order valence-electron chi connectivity index (χ3n) is 4.81. The highest BCUT2D eigenvalue weighted by Gasteiger charge is 2.33. The number of ether oxygens (including phenoxy) is 1. The average Bonchev–Trinajstić information content (AvgIpc) is 3.51. The molecule has 3 aromatic rings. The number of hydrogen-bond donors (Lipinski definition) is 1. The van der Waals surface area contributed by atoms with E-state index in [-0.39, 0.29) is 6.03 Å². The number of methoxy groups -OCH3 is 1. The minimum Gasteiger partial charge on any atom is -0.496 e. The van der Waals surface area contributed by atoms with Crippen molar-refractivity contribution in [3.8, 4) is 5.75 Å². The number of urea groups is 1. The molecule has 1 saturated carbocycles. The molecule has 4 nitrogen and oxygen atoms in total. The quantitative estimate of drug-likeness (QED) is 0.703. The van der Waals surface area contributed by atoms with Crippen LogP contribution in [0.15, 0.2) is 66.7 Å². The van der Waals surface area contributed by atoms with Gasteiger partial charge in [-0.1, -0.05) is 54.6 Å².